The van der Waals surface area contributed by atoms with Gasteiger partial charge in [-0.25, -0.2) is 9.78 Å². The van der Waals surface area contributed by atoms with Gasteiger partial charge in [0.1, 0.15) is 17.8 Å². The summed E-state index contributed by atoms with van der Waals surface area (Å²) in [6.45, 7) is 1.96. The third kappa shape index (κ3) is 4.86. The van der Waals surface area contributed by atoms with E-state index in [0.717, 1.165) is 4.90 Å². The van der Waals surface area contributed by atoms with Crippen LogP contribution < -0.4 is 10.5 Å². The molecule has 0 unspecified atom stereocenters. The molecule has 0 radical (unpaired) electrons. The van der Waals surface area contributed by atoms with Crippen LogP contribution in [0.15, 0.2) is 59.8 Å². The van der Waals surface area contributed by atoms with E-state index in [-0.39, 0.29) is 17.3 Å². The summed E-state index contributed by atoms with van der Waals surface area (Å²) in [5.74, 6) is 0.452. The molecule has 1 aromatic carbocycles. The predicted octanol–water partition coefficient (Wildman–Crippen LogP) is 4.05. The van der Waals surface area contributed by atoms with E-state index >= 15 is 0 Å². The van der Waals surface area contributed by atoms with Crippen molar-refractivity contribution in [3.8, 4) is 28.2 Å². The quantitative estimate of drug-likeness (QED) is 0.321. The molecule has 5 aromatic rings. The normalized spacial score (nSPS) is 11.1. The lowest BCUT2D eigenvalue weighted by Crippen LogP contribution is -2.23. The number of carboxylic acid groups (broad SMARTS) is 1. The zero-order valence-corrected chi connectivity index (χ0v) is 21.5. The Hall–Kier alpha value is -4.55. The maximum atomic E-state index is 13.2. The van der Waals surface area contributed by atoms with Gasteiger partial charge in [0.25, 0.3) is 5.56 Å². The highest BCUT2D eigenvalue weighted by Crippen LogP contribution is 2.30. The number of nitrogens with zero attached hydrogens (tertiary/aromatic N) is 8. The van der Waals surface area contributed by atoms with Gasteiger partial charge in [-0.05, 0) is 59.3 Å². The molecule has 0 fully saturated rings. The van der Waals surface area contributed by atoms with Crippen LogP contribution in [0.5, 0.6) is 0 Å². The number of aromatic nitrogens is 8. The summed E-state index contributed by atoms with van der Waals surface area (Å²) >= 11 is 12.6. The Morgan fingerprint density at radius 1 is 1.16 bits per heavy atom. The molecule has 0 aliphatic rings. The van der Waals surface area contributed by atoms with Crippen molar-refractivity contribution in [2.24, 2.45) is 0 Å². The average molecular weight is 552 g/mol. The van der Waals surface area contributed by atoms with Crippen LogP contribution >= 0.6 is 23.2 Å². The molecule has 38 heavy (non-hydrogen) atoms. The first kappa shape index (κ1) is 25.1. The summed E-state index contributed by atoms with van der Waals surface area (Å²) in [7, 11) is 1.42. The first-order chi connectivity index (χ1) is 18.2. The Bertz CT molecular complexity index is 1700. The van der Waals surface area contributed by atoms with Gasteiger partial charge in [-0.2, -0.15) is 4.68 Å². The number of hydrogen-bond donors (Lipinski definition) is 2. The second kappa shape index (κ2) is 10.1. The number of aryl methyl sites for hydroxylation is 1. The van der Waals surface area contributed by atoms with E-state index in [1.54, 1.807) is 34.9 Å². The van der Waals surface area contributed by atoms with Gasteiger partial charge < -0.3 is 14.7 Å². The highest BCUT2D eigenvalue weighted by atomic mass is 35.5. The minimum absolute atomic E-state index is 0.139. The van der Waals surface area contributed by atoms with E-state index in [4.69, 9.17) is 28.3 Å². The van der Waals surface area contributed by atoms with Crippen molar-refractivity contribution in [3.05, 3.63) is 87.0 Å². The van der Waals surface area contributed by atoms with Crippen LogP contribution in [0.3, 0.4) is 0 Å². The number of rotatable bonds is 6. The van der Waals surface area contributed by atoms with E-state index in [1.807, 2.05) is 13.0 Å². The lowest BCUT2D eigenvalue weighted by molar-refractivity contribution is 0.203. The van der Waals surface area contributed by atoms with Gasteiger partial charge in [0.05, 0.1) is 29.8 Å². The standard InChI is InChI=1S/C24H19Cl2N9O3/c1-13-7-14(17-9-15(25)3-6-19(17)35-12-28-31-32-35)8-21(36)34(13)11-20-29-22(23(26)30-20)18-5-4-16(10-27-18)33(2)24(37)38/h3-10,12H,11H2,1-2H3,(H,29,30)(H,37,38). The molecule has 0 saturated carbocycles. The molecular weight excluding hydrogens is 533 g/mol. The molecule has 2 N–H and O–H groups in total. The SMILES string of the molecule is Cc1cc(-c2cc(Cl)ccc2-n2cnnn2)cc(=O)n1Cc1nc(Cl)c(-c2ccc(N(C)C(=O)O)cn2)[nH]1. The van der Waals surface area contributed by atoms with Gasteiger partial charge in [0, 0.05) is 29.4 Å². The lowest BCUT2D eigenvalue weighted by Gasteiger charge is -2.13. The molecular formula is C24H19Cl2N9O3. The molecule has 12 nitrogen and oxygen atoms in total. The Kier molecular flexibility index (Phi) is 6.66. The van der Waals surface area contributed by atoms with Crippen molar-refractivity contribution in [3.63, 3.8) is 0 Å². The Balaban J connectivity index is 1.45. The van der Waals surface area contributed by atoms with Gasteiger partial charge in [-0.1, -0.05) is 23.2 Å². The number of aromatic amines is 1. The van der Waals surface area contributed by atoms with Crippen molar-refractivity contribution in [1.29, 1.82) is 0 Å². The van der Waals surface area contributed by atoms with E-state index in [9.17, 15) is 9.59 Å². The molecule has 1 amide bonds. The number of pyridine rings is 2. The summed E-state index contributed by atoms with van der Waals surface area (Å²) in [5.41, 5.74) is 3.80. The average Bonchev–Trinajstić information content (AvgIpc) is 3.55. The Morgan fingerprint density at radius 3 is 2.63 bits per heavy atom. The maximum Gasteiger partial charge on any atom is 0.411 e. The first-order valence-electron chi connectivity index (χ1n) is 11.1. The number of anilines is 1. The van der Waals surface area contributed by atoms with E-state index in [1.165, 1.54) is 30.3 Å². The van der Waals surface area contributed by atoms with Crippen LogP contribution in [0, 0.1) is 6.92 Å². The summed E-state index contributed by atoms with van der Waals surface area (Å²) < 4.78 is 3.06. The molecule has 5 rings (SSSR count). The summed E-state index contributed by atoms with van der Waals surface area (Å²) in [6, 6.07) is 11.9. The number of carbonyl (C=O) groups is 1. The molecule has 0 saturated heterocycles. The van der Waals surface area contributed by atoms with Crippen molar-refractivity contribution >= 4 is 35.0 Å². The number of hydrogen-bond acceptors (Lipinski definition) is 7. The molecule has 0 bridgehead atoms. The zero-order valence-electron chi connectivity index (χ0n) is 20.0. The number of tetrazole rings is 1. The molecule has 4 heterocycles. The third-order valence-electron chi connectivity index (χ3n) is 5.90. The zero-order chi connectivity index (χ0) is 27.0. The second-order valence-electron chi connectivity index (χ2n) is 8.32. The van der Waals surface area contributed by atoms with Gasteiger partial charge in [-0.15, -0.1) is 5.10 Å². The largest absolute Gasteiger partial charge is 0.465 e. The maximum absolute atomic E-state index is 13.2. The monoisotopic (exact) mass is 551 g/mol. The number of amides is 1. The van der Waals surface area contributed by atoms with Crippen molar-refractivity contribution in [2.45, 2.75) is 13.5 Å². The van der Waals surface area contributed by atoms with Gasteiger partial charge >= 0.3 is 6.09 Å². The van der Waals surface area contributed by atoms with Crippen LogP contribution in [0.25, 0.3) is 28.2 Å². The van der Waals surface area contributed by atoms with Crippen molar-refractivity contribution < 1.29 is 9.90 Å². The molecule has 0 spiro atoms. The van der Waals surface area contributed by atoms with Crippen LogP contribution in [-0.2, 0) is 6.54 Å². The number of imidazole rings is 1. The van der Waals surface area contributed by atoms with Crippen molar-refractivity contribution in [1.82, 2.24) is 39.7 Å². The fourth-order valence-electron chi connectivity index (χ4n) is 3.93. The van der Waals surface area contributed by atoms with Gasteiger partial charge in [0.2, 0.25) is 0 Å². The highest BCUT2D eigenvalue weighted by molar-refractivity contribution is 6.32. The molecule has 0 atom stereocenters. The van der Waals surface area contributed by atoms with Crippen LogP contribution in [0.1, 0.15) is 11.5 Å². The minimum atomic E-state index is -1.10. The fourth-order valence-corrected chi connectivity index (χ4v) is 4.35. The number of halogens is 2. The molecule has 0 aliphatic heterocycles. The first-order valence-corrected chi connectivity index (χ1v) is 11.9. The van der Waals surface area contributed by atoms with E-state index in [2.05, 4.69) is 30.5 Å². The van der Waals surface area contributed by atoms with Crippen LogP contribution in [-0.4, -0.2) is 58.0 Å². The number of H-pyrrole nitrogens is 1. The summed E-state index contributed by atoms with van der Waals surface area (Å²) in [6.07, 6.45) is 1.79. The molecule has 14 heteroatoms. The summed E-state index contributed by atoms with van der Waals surface area (Å²) in [4.78, 5) is 37.1. The third-order valence-corrected chi connectivity index (χ3v) is 6.40. The Morgan fingerprint density at radius 2 is 1.97 bits per heavy atom. The second-order valence-corrected chi connectivity index (χ2v) is 9.11. The van der Waals surface area contributed by atoms with Gasteiger partial charge in [0.15, 0.2) is 5.15 Å². The van der Waals surface area contributed by atoms with Gasteiger partial charge in [-0.3, -0.25) is 14.7 Å². The predicted molar refractivity (Wildman–Crippen MR) is 141 cm³/mol. The molecule has 0 aliphatic carbocycles. The van der Waals surface area contributed by atoms with Crippen molar-refractivity contribution in [2.75, 3.05) is 11.9 Å². The fraction of sp³-hybridized carbons (Fsp3) is 0.125. The van der Waals surface area contributed by atoms with Crippen LogP contribution in [0.4, 0.5) is 10.5 Å². The number of nitrogens with one attached hydrogen (secondary N) is 1. The topological polar surface area (TPSA) is 148 Å². The highest BCUT2D eigenvalue weighted by Gasteiger charge is 2.16. The molecule has 4 aromatic heterocycles. The van der Waals surface area contributed by atoms with E-state index < -0.39 is 6.09 Å². The minimum Gasteiger partial charge on any atom is -0.465 e. The lowest BCUT2D eigenvalue weighted by atomic mass is 10.0. The Labute approximate surface area is 225 Å². The summed E-state index contributed by atoms with van der Waals surface area (Å²) in [5, 5.41) is 21.1. The van der Waals surface area contributed by atoms with Crippen LogP contribution in [0.2, 0.25) is 10.2 Å². The van der Waals surface area contributed by atoms with E-state index in [0.29, 0.717) is 50.4 Å². The number of benzene rings is 1. The molecule has 192 valence electrons. The smallest absolute Gasteiger partial charge is 0.411 e.